The van der Waals surface area contributed by atoms with Gasteiger partial charge in [-0.05, 0) is 44.0 Å². The lowest BCUT2D eigenvalue weighted by molar-refractivity contribution is -0.116. The molecule has 1 heterocycles. The minimum Gasteiger partial charge on any atom is -0.497 e. The van der Waals surface area contributed by atoms with E-state index in [1.165, 1.54) is 18.9 Å². The van der Waals surface area contributed by atoms with Gasteiger partial charge < -0.3 is 25.8 Å². The van der Waals surface area contributed by atoms with Crippen molar-refractivity contribution in [3.8, 4) is 11.5 Å². The highest BCUT2D eigenvalue weighted by Crippen LogP contribution is 2.29. The van der Waals surface area contributed by atoms with Crippen molar-refractivity contribution in [2.45, 2.75) is 27.3 Å². The lowest BCUT2D eigenvalue weighted by atomic mass is 10.1. The Labute approximate surface area is 185 Å². The van der Waals surface area contributed by atoms with Gasteiger partial charge in [0.25, 0.3) is 5.91 Å². The molecule has 0 saturated carbocycles. The van der Waals surface area contributed by atoms with Crippen molar-refractivity contribution in [2.75, 3.05) is 30.6 Å². The number of aryl methyl sites for hydroxylation is 3. The molecule has 1 aromatic heterocycles. The van der Waals surface area contributed by atoms with E-state index in [1.54, 1.807) is 18.2 Å². The molecule has 32 heavy (non-hydrogen) atoms. The molecule has 2 amide bonds. The first kappa shape index (κ1) is 22.6. The van der Waals surface area contributed by atoms with Crippen molar-refractivity contribution >= 4 is 29.0 Å². The zero-order valence-corrected chi connectivity index (χ0v) is 18.6. The average molecular weight is 438 g/mol. The van der Waals surface area contributed by atoms with Gasteiger partial charge in [0.05, 0.1) is 19.9 Å². The first-order chi connectivity index (χ1) is 15.2. The van der Waals surface area contributed by atoms with Crippen LogP contribution in [0.5, 0.6) is 11.5 Å². The topological polar surface area (TPSA) is 133 Å². The Balaban J connectivity index is 1.73. The summed E-state index contributed by atoms with van der Waals surface area (Å²) in [4.78, 5) is 25.2. The molecule has 0 spiro atoms. The minimum absolute atomic E-state index is 0.0255. The van der Waals surface area contributed by atoms with Crippen LogP contribution in [-0.4, -0.2) is 41.0 Å². The fourth-order valence-electron chi connectivity index (χ4n) is 3.37. The van der Waals surface area contributed by atoms with E-state index in [1.807, 2.05) is 32.9 Å². The van der Waals surface area contributed by atoms with Gasteiger partial charge >= 0.3 is 0 Å². The van der Waals surface area contributed by atoms with Crippen LogP contribution in [0, 0.1) is 20.8 Å². The quantitative estimate of drug-likeness (QED) is 0.516. The predicted octanol–water partition coefficient (Wildman–Crippen LogP) is 2.69. The molecular weight excluding hydrogens is 412 g/mol. The van der Waals surface area contributed by atoms with E-state index < -0.39 is 5.91 Å². The number of benzene rings is 2. The van der Waals surface area contributed by atoms with Gasteiger partial charge in [-0.2, -0.15) is 0 Å². The second-order valence-electron chi connectivity index (χ2n) is 7.32. The summed E-state index contributed by atoms with van der Waals surface area (Å²) in [5, 5.41) is 13.3. The summed E-state index contributed by atoms with van der Waals surface area (Å²) in [6.45, 7) is 5.66. The molecular formula is C22H26N6O4. The summed E-state index contributed by atoms with van der Waals surface area (Å²) < 4.78 is 11.6. The second kappa shape index (κ2) is 9.38. The SMILES string of the molecule is COc1ccc(NC(=O)c2nnn(CC(=O)Nc3c(C)cc(C)cc3C)c2N)c(OC)c1. The zero-order chi connectivity index (χ0) is 23.4. The number of aromatic nitrogens is 3. The average Bonchev–Trinajstić information content (AvgIpc) is 3.11. The number of rotatable bonds is 7. The lowest BCUT2D eigenvalue weighted by Crippen LogP contribution is -2.22. The summed E-state index contributed by atoms with van der Waals surface area (Å²) in [6, 6.07) is 8.92. The molecule has 0 radical (unpaired) electrons. The van der Waals surface area contributed by atoms with E-state index in [-0.39, 0.29) is 24.0 Å². The zero-order valence-electron chi connectivity index (χ0n) is 18.6. The smallest absolute Gasteiger partial charge is 0.280 e. The van der Waals surface area contributed by atoms with Crippen LogP contribution >= 0.6 is 0 Å². The van der Waals surface area contributed by atoms with Crippen molar-refractivity contribution in [3.05, 3.63) is 52.7 Å². The number of anilines is 3. The molecule has 10 heteroatoms. The molecule has 3 aromatic rings. The Morgan fingerprint density at radius 3 is 2.34 bits per heavy atom. The molecule has 0 unspecified atom stereocenters. The Kier molecular flexibility index (Phi) is 6.62. The Hall–Kier alpha value is -4.08. The number of amides is 2. The Bertz CT molecular complexity index is 1150. The molecule has 0 fully saturated rings. The van der Waals surface area contributed by atoms with Crippen LogP contribution in [0.25, 0.3) is 0 Å². The number of ether oxygens (including phenoxy) is 2. The third-order valence-corrected chi connectivity index (χ3v) is 4.88. The molecule has 0 aliphatic heterocycles. The normalized spacial score (nSPS) is 10.5. The molecule has 4 N–H and O–H groups in total. The number of carbonyl (C=O) groups is 2. The fourth-order valence-corrected chi connectivity index (χ4v) is 3.37. The number of hydrogen-bond acceptors (Lipinski definition) is 7. The molecule has 0 bridgehead atoms. The first-order valence-corrected chi connectivity index (χ1v) is 9.83. The van der Waals surface area contributed by atoms with E-state index in [9.17, 15) is 9.59 Å². The van der Waals surface area contributed by atoms with E-state index in [0.29, 0.717) is 17.2 Å². The summed E-state index contributed by atoms with van der Waals surface area (Å²) >= 11 is 0. The van der Waals surface area contributed by atoms with Crippen LogP contribution < -0.4 is 25.8 Å². The fraction of sp³-hybridized carbons (Fsp3) is 0.273. The number of nitrogens with two attached hydrogens (primary N) is 1. The molecule has 10 nitrogen and oxygen atoms in total. The van der Waals surface area contributed by atoms with E-state index in [0.717, 1.165) is 22.4 Å². The van der Waals surface area contributed by atoms with Crippen LogP contribution in [-0.2, 0) is 11.3 Å². The van der Waals surface area contributed by atoms with Gasteiger partial charge in [-0.15, -0.1) is 5.10 Å². The van der Waals surface area contributed by atoms with Gasteiger partial charge in [-0.1, -0.05) is 22.9 Å². The van der Waals surface area contributed by atoms with E-state index in [4.69, 9.17) is 15.2 Å². The van der Waals surface area contributed by atoms with Crippen molar-refractivity contribution in [2.24, 2.45) is 0 Å². The number of nitrogens with zero attached hydrogens (tertiary/aromatic N) is 3. The van der Waals surface area contributed by atoms with Crippen LogP contribution in [0.2, 0.25) is 0 Å². The standard InChI is InChI=1S/C22H26N6O4/c1-12-8-13(2)19(14(3)9-12)25-18(29)11-28-21(23)20(26-27-28)22(30)24-16-7-6-15(31-4)10-17(16)32-5/h6-10H,11,23H2,1-5H3,(H,24,30)(H,25,29). The van der Waals surface area contributed by atoms with Crippen molar-refractivity contribution in [1.82, 2.24) is 15.0 Å². The molecule has 3 rings (SSSR count). The van der Waals surface area contributed by atoms with Crippen LogP contribution in [0.1, 0.15) is 27.2 Å². The van der Waals surface area contributed by atoms with Gasteiger partial charge in [0, 0.05) is 11.8 Å². The predicted molar refractivity (Wildman–Crippen MR) is 121 cm³/mol. The third-order valence-electron chi connectivity index (χ3n) is 4.88. The van der Waals surface area contributed by atoms with Gasteiger partial charge in [0.15, 0.2) is 11.5 Å². The van der Waals surface area contributed by atoms with E-state index in [2.05, 4.69) is 20.9 Å². The number of methoxy groups -OCH3 is 2. The second-order valence-corrected chi connectivity index (χ2v) is 7.32. The van der Waals surface area contributed by atoms with Crippen molar-refractivity contribution < 1.29 is 19.1 Å². The van der Waals surface area contributed by atoms with Gasteiger partial charge in [-0.25, -0.2) is 4.68 Å². The largest absolute Gasteiger partial charge is 0.497 e. The number of nitrogens with one attached hydrogen (secondary N) is 2. The van der Waals surface area contributed by atoms with E-state index >= 15 is 0 Å². The van der Waals surface area contributed by atoms with Gasteiger partial charge in [0.1, 0.15) is 18.0 Å². The van der Waals surface area contributed by atoms with Crippen LogP contribution in [0.15, 0.2) is 30.3 Å². The number of hydrogen-bond donors (Lipinski definition) is 3. The van der Waals surface area contributed by atoms with Crippen molar-refractivity contribution in [3.63, 3.8) is 0 Å². The highest BCUT2D eigenvalue weighted by Gasteiger charge is 2.21. The monoisotopic (exact) mass is 438 g/mol. The highest BCUT2D eigenvalue weighted by molar-refractivity contribution is 6.06. The highest BCUT2D eigenvalue weighted by atomic mass is 16.5. The Morgan fingerprint density at radius 2 is 1.72 bits per heavy atom. The molecule has 2 aromatic carbocycles. The molecule has 168 valence electrons. The number of nitrogen functional groups attached to an aromatic ring is 1. The maximum Gasteiger partial charge on any atom is 0.280 e. The summed E-state index contributed by atoms with van der Waals surface area (Å²) in [5.41, 5.74) is 10.1. The molecule has 0 aliphatic rings. The minimum atomic E-state index is -0.581. The summed E-state index contributed by atoms with van der Waals surface area (Å²) in [6.07, 6.45) is 0. The maximum atomic E-state index is 12.7. The summed E-state index contributed by atoms with van der Waals surface area (Å²) in [7, 11) is 3.01. The molecule has 0 atom stereocenters. The lowest BCUT2D eigenvalue weighted by Gasteiger charge is -2.13. The van der Waals surface area contributed by atoms with Gasteiger partial charge in [0.2, 0.25) is 5.91 Å². The maximum absolute atomic E-state index is 12.7. The van der Waals surface area contributed by atoms with Crippen molar-refractivity contribution in [1.29, 1.82) is 0 Å². The number of carbonyl (C=O) groups excluding carboxylic acids is 2. The Morgan fingerprint density at radius 1 is 1.03 bits per heavy atom. The van der Waals surface area contributed by atoms with Crippen LogP contribution in [0.4, 0.5) is 17.2 Å². The molecule has 0 saturated heterocycles. The van der Waals surface area contributed by atoms with Crippen LogP contribution in [0.3, 0.4) is 0 Å². The third kappa shape index (κ3) is 4.80. The van der Waals surface area contributed by atoms with Gasteiger partial charge in [-0.3, -0.25) is 9.59 Å². The summed E-state index contributed by atoms with van der Waals surface area (Å²) in [5.74, 6) is 0.0491. The molecule has 0 aliphatic carbocycles. The first-order valence-electron chi connectivity index (χ1n) is 9.83.